The van der Waals surface area contributed by atoms with Crippen molar-refractivity contribution in [1.82, 2.24) is 0 Å². The summed E-state index contributed by atoms with van der Waals surface area (Å²) in [6.45, 7) is 4.91. The molecule has 0 amide bonds. The van der Waals surface area contributed by atoms with Gasteiger partial charge in [-0.15, -0.1) is 0 Å². The van der Waals surface area contributed by atoms with Crippen LogP contribution < -0.4 is 0 Å². The smallest absolute Gasteiger partial charge is 0.0417 e. The summed E-state index contributed by atoms with van der Waals surface area (Å²) in [5.74, 6) is 1.93. The molecule has 1 saturated carbocycles. The van der Waals surface area contributed by atoms with Gasteiger partial charge in [-0.1, -0.05) is 78.1 Å². The van der Waals surface area contributed by atoms with Gasteiger partial charge in [0, 0.05) is 0 Å². The maximum absolute atomic E-state index is 2.45. The van der Waals surface area contributed by atoms with Crippen molar-refractivity contribution in [1.29, 1.82) is 0 Å². The predicted octanol–water partition coefficient (Wildman–Crippen LogP) is 5.17. The quantitative estimate of drug-likeness (QED) is 0.501. The molecule has 0 bridgehead atoms. The van der Waals surface area contributed by atoms with E-state index in [-0.39, 0.29) is 0 Å². The molecule has 84 valence electrons. The van der Waals surface area contributed by atoms with E-state index in [9.17, 15) is 0 Å². The van der Waals surface area contributed by atoms with Crippen LogP contribution in [0.4, 0.5) is 0 Å². The molecule has 1 aliphatic rings. The van der Waals surface area contributed by atoms with E-state index in [1.807, 2.05) is 0 Å². The standard InChI is InChI=1S/C14H28/c1-13-11-9-7-5-3-4-6-8-10-12-14(13)2/h13-14H,3-12H2,1-2H3. The van der Waals surface area contributed by atoms with Crippen molar-refractivity contribution in [3.63, 3.8) is 0 Å². The zero-order chi connectivity index (χ0) is 10.2. The fraction of sp³-hybridized carbons (Fsp3) is 1.00. The predicted molar refractivity (Wildman–Crippen MR) is 64.5 cm³/mol. The molecule has 0 nitrogen and oxygen atoms in total. The Kier molecular flexibility index (Phi) is 6.31. The molecule has 1 aliphatic carbocycles. The minimum atomic E-state index is 0.967. The summed E-state index contributed by atoms with van der Waals surface area (Å²) in [4.78, 5) is 0. The minimum Gasteiger partial charge on any atom is -0.0623 e. The van der Waals surface area contributed by atoms with Gasteiger partial charge in [0.15, 0.2) is 0 Å². The first-order chi connectivity index (χ1) is 6.80. The third-order valence-corrected chi connectivity index (χ3v) is 4.04. The average molecular weight is 196 g/mol. The molecule has 1 rings (SSSR count). The number of rotatable bonds is 0. The summed E-state index contributed by atoms with van der Waals surface area (Å²) in [6, 6.07) is 0. The van der Waals surface area contributed by atoms with Crippen LogP contribution in [-0.4, -0.2) is 0 Å². The summed E-state index contributed by atoms with van der Waals surface area (Å²) in [6.07, 6.45) is 14.8. The summed E-state index contributed by atoms with van der Waals surface area (Å²) in [5, 5.41) is 0. The van der Waals surface area contributed by atoms with E-state index in [1.54, 1.807) is 0 Å². The van der Waals surface area contributed by atoms with Crippen molar-refractivity contribution in [2.75, 3.05) is 0 Å². The van der Waals surface area contributed by atoms with Crippen LogP contribution in [-0.2, 0) is 0 Å². The van der Waals surface area contributed by atoms with Gasteiger partial charge in [0.25, 0.3) is 0 Å². The fourth-order valence-corrected chi connectivity index (χ4v) is 2.56. The molecule has 0 N–H and O–H groups in total. The van der Waals surface area contributed by atoms with Gasteiger partial charge < -0.3 is 0 Å². The van der Waals surface area contributed by atoms with E-state index in [4.69, 9.17) is 0 Å². The molecule has 0 aromatic carbocycles. The van der Waals surface area contributed by atoms with Crippen LogP contribution in [0.25, 0.3) is 0 Å². The van der Waals surface area contributed by atoms with E-state index < -0.39 is 0 Å². The fourth-order valence-electron chi connectivity index (χ4n) is 2.56. The van der Waals surface area contributed by atoms with Gasteiger partial charge in [-0.25, -0.2) is 0 Å². The second-order valence-corrected chi connectivity index (χ2v) is 5.36. The molecule has 14 heavy (non-hydrogen) atoms. The highest BCUT2D eigenvalue weighted by Crippen LogP contribution is 2.25. The zero-order valence-corrected chi connectivity index (χ0v) is 10.2. The maximum atomic E-state index is 2.45. The van der Waals surface area contributed by atoms with Crippen molar-refractivity contribution < 1.29 is 0 Å². The highest BCUT2D eigenvalue weighted by Gasteiger charge is 2.11. The lowest BCUT2D eigenvalue weighted by atomic mass is 9.86. The Labute approximate surface area is 90.5 Å². The van der Waals surface area contributed by atoms with E-state index in [0.29, 0.717) is 0 Å². The first-order valence-corrected chi connectivity index (χ1v) is 6.80. The van der Waals surface area contributed by atoms with Crippen molar-refractivity contribution in [2.45, 2.75) is 78.1 Å². The van der Waals surface area contributed by atoms with Crippen molar-refractivity contribution in [3.05, 3.63) is 0 Å². The lowest BCUT2D eigenvalue weighted by molar-refractivity contribution is 0.318. The lowest BCUT2D eigenvalue weighted by Crippen LogP contribution is -2.08. The summed E-state index contributed by atoms with van der Waals surface area (Å²) in [5.41, 5.74) is 0. The molecule has 2 atom stereocenters. The Balaban J connectivity index is 2.23. The molecule has 2 unspecified atom stereocenters. The Morgan fingerprint density at radius 2 is 0.786 bits per heavy atom. The van der Waals surface area contributed by atoms with Crippen LogP contribution >= 0.6 is 0 Å². The van der Waals surface area contributed by atoms with Crippen molar-refractivity contribution >= 4 is 0 Å². The molecule has 1 fully saturated rings. The first-order valence-electron chi connectivity index (χ1n) is 6.80. The molecule has 0 heteroatoms. The summed E-state index contributed by atoms with van der Waals surface area (Å²) >= 11 is 0. The third kappa shape index (κ3) is 5.02. The number of hydrogen-bond acceptors (Lipinski definition) is 0. The van der Waals surface area contributed by atoms with Gasteiger partial charge in [-0.2, -0.15) is 0 Å². The highest BCUT2D eigenvalue weighted by molar-refractivity contribution is 4.63. The molecule has 0 heterocycles. The minimum absolute atomic E-state index is 0.967. The Bertz CT molecular complexity index is 112. The Hall–Kier alpha value is 0. The SMILES string of the molecule is CC1CCCCCCCCCCC1C. The second-order valence-electron chi connectivity index (χ2n) is 5.36. The van der Waals surface area contributed by atoms with E-state index in [1.165, 1.54) is 64.2 Å². The van der Waals surface area contributed by atoms with E-state index >= 15 is 0 Å². The largest absolute Gasteiger partial charge is 0.0623 e. The van der Waals surface area contributed by atoms with Gasteiger partial charge in [0.2, 0.25) is 0 Å². The van der Waals surface area contributed by atoms with E-state index in [0.717, 1.165) is 11.8 Å². The zero-order valence-electron chi connectivity index (χ0n) is 10.2. The monoisotopic (exact) mass is 196 g/mol. The lowest BCUT2D eigenvalue weighted by Gasteiger charge is -2.20. The van der Waals surface area contributed by atoms with Gasteiger partial charge in [-0.3, -0.25) is 0 Å². The van der Waals surface area contributed by atoms with Crippen LogP contribution in [0.5, 0.6) is 0 Å². The third-order valence-electron chi connectivity index (χ3n) is 4.04. The Morgan fingerprint density at radius 1 is 0.500 bits per heavy atom. The normalized spacial score (nSPS) is 33.0. The molecule has 0 aliphatic heterocycles. The van der Waals surface area contributed by atoms with Gasteiger partial charge >= 0.3 is 0 Å². The van der Waals surface area contributed by atoms with Crippen LogP contribution in [0.1, 0.15) is 78.1 Å². The van der Waals surface area contributed by atoms with Gasteiger partial charge in [-0.05, 0) is 11.8 Å². The van der Waals surface area contributed by atoms with Crippen LogP contribution in [0.2, 0.25) is 0 Å². The molecule has 0 radical (unpaired) electrons. The average Bonchev–Trinajstić information content (AvgIpc) is 2.18. The second kappa shape index (κ2) is 7.31. The summed E-state index contributed by atoms with van der Waals surface area (Å²) < 4.78 is 0. The van der Waals surface area contributed by atoms with Crippen LogP contribution in [0.15, 0.2) is 0 Å². The molecule has 0 aromatic rings. The number of hydrogen-bond donors (Lipinski definition) is 0. The van der Waals surface area contributed by atoms with Crippen LogP contribution in [0.3, 0.4) is 0 Å². The van der Waals surface area contributed by atoms with Crippen molar-refractivity contribution in [3.8, 4) is 0 Å². The molecule has 0 saturated heterocycles. The maximum Gasteiger partial charge on any atom is -0.0417 e. The topological polar surface area (TPSA) is 0 Å². The van der Waals surface area contributed by atoms with Crippen molar-refractivity contribution in [2.24, 2.45) is 11.8 Å². The molecular weight excluding hydrogens is 168 g/mol. The first kappa shape index (κ1) is 12.1. The Morgan fingerprint density at radius 3 is 1.14 bits per heavy atom. The molecule has 0 aromatic heterocycles. The van der Waals surface area contributed by atoms with E-state index in [2.05, 4.69) is 13.8 Å². The highest BCUT2D eigenvalue weighted by atomic mass is 14.2. The molecule has 0 spiro atoms. The summed E-state index contributed by atoms with van der Waals surface area (Å²) in [7, 11) is 0. The van der Waals surface area contributed by atoms with Gasteiger partial charge in [0.05, 0.1) is 0 Å². The van der Waals surface area contributed by atoms with Gasteiger partial charge in [0.1, 0.15) is 0 Å². The molecular formula is C14H28. The van der Waals surface area contributed by atoms with Crippen LogP contribution in [0, 0.1) is 11.8 Å².